The van der Waals surface area contributed by atoms with Crippen LogP contribution in [0.5, 0.6) is 0 Å². The van der Waals surface area contributed by atoms with E-state index in [1.807, 2.05) is 43.3 Å². The number of carbonyl (C=O) groups is 1. The van der Waals surface area contributed by atoms with Crippen LogP contribution in [0, 0.1) is 0 Å². The van der Waals surface area contributed by atoms with Crippen LogP contribution in [0.2, 0.25) is 5.02 Å². The molecule has 0 radical (unpaired) electrons. The number of halogens is 2. The van der Waals surface area contributed by atoms with Crippen molar-refractivity contribution in [1.29, 1.82) is 0 Å². The van der Waals surface area contributed by atoms with Crippen LogP contribution in [0.3, 0.4) is 0 Å². The molecule has 0 saturated heterocycles. The van der Waals surface area contributed by atoms with Crippen molar-refractivity contribution in [3.63, 3.8) is 0 Å². The normalized spacial score (nSPS) is 11.9. The molecule has 0 heterocycles. The Morgan fingerprint density at radius 2 is 1.75 bits per heavy atom. The zero-order chi connectivity index (χ0) is 14.5. The van der Waals surface area contributed by atoms with Gasteiger partial charge in [-0.15, -0.1) is 0 Å². The summed E-state index contributed by atoms with van der Waals surface area (Å²) in [5.41, 5.74) is 1.71. The molecule has 1 amide bonds. The average molecular weight is 353 g/mol. The summed E-state index contributed by atoms with van der Waals surface area (Å²) >= 11 is 9.24. The van der Waals surface area contributed by atoms with Crippen LogP contribution in [-0.2, 0) is 0 Å². The molecular formula is C16H15BrClNO. The van der Waals surface area contributed by atoms with Gasteiger partial charge in [0.25, 0.3) is 5.91 Å². The summed E-state index contributed by atoms with van der Waals surface area (Å²) in [6.07, 6.45) is 0.823. The maximum atomic E-state index is 12.2. The monoisotopic (exact) mass is 351 g/mol. The van der Waals surface area contributed by atoms with Gasteiger partial charge in [0.1, 0.15) is 0 Å². The molecular weight excluding hydrogens is 338 g/mol. The topological polar surface area (TPSA) is 29.1 Å². The summed E-state index contributed by atoms with van der Waals surface area (Å²) in [5.74, 6) is -0.0701. The van der Waals surface area contributed by atoms with Crippen molar-refractivity contribution in [2.75, 3.05) is 0 Å². The molecule has 1 unspecified atom stereocenters. The third-order valence-electron chi connectivity index (χ3n) is 3.09. The number of hydrogen-bond donors (Lipinski definition) is 1. The molecule has 104 valence electrons. The molecule has 0 aromatic heterocycles. The van der Waals surface area contributed by atoms with E-state index in [9.17, 15) is 4.79 Å². The van der Waals surface area contributed by atoms with Crippen molar-refractivity contribution in [2.24, 2.45) is 0 Å². The van der Waals surface area contributed by atoms with E-state index < -0.39 is 0 Å². The van der Waals surface area contributed by atoms with E-state index >= 15 is 0 Å². The summed E-state index contributed by atoms with van der Waals surface area (Å²) in [6, 6.07) is 14.9. The second-order valence-corrected chi connectivity index (χ2v) is 5.84. The van der Waals surface area contributed by atoms with Gasteiger partial charge >= 0.3 is 0 Å². The minimum Gasteiger partial charge on any atom is -0.345 e. The highest BCUT2D eigenvalue weighted by Gasteiger charge is 2.13. The van der Waals surface area contributed by atoms with E-state index in [0.717, 1.165) is 16.5 Å². The summed E-state index contributed by atoms with van der Waals surface area (Å²) in [6.45, 7) is 2.04. The van der Waals surface area contributed by atoms with Gasteiger partial charge < -0.3 is 5.32 Å². The van der Waals surface area contributed by atoms with Gasteiger partial charge in [0.2, 0.25) is 0 Å². The minimum absolute atomic E-state index is 0.0107. The predicted molar refractivity (Wildman–Crippen MR) is 86.1 cm³/mol. The molecule has 2 aromatic carbocycles. The fourth-order valence-corrected chi connectivity index (χ4v) is 2.35. The molecule has 0 bridgehead atoms. The lowest BCUT2D eigenvalue weighted by molar-refractivity contribution is 0.0935. The number of rotatable bonds is 4. The highest BCUT2D eigenvalue weighted by atomic mass is 79.9. The Balaban J connectivity index is 2.11. The molecule has 0 aliphatic rings. The SMILES string of the molecule is CCC(NC(=O)c1ccc(Br)cc1)c1ccc(Cl)cc1. The highest BCUT2D eigenvalue weighted by Crippen LogP contribution is 2.20. The molecule has 0 aliphatic carbocycles. The first-order valence-corrected chi connectivity index (χ1v) is 7.59. The van der Waals surface area contributed by atoms with Gasteiger partial charge in [-0.2, -0.15) is 0 Å². The molecule has 4 heteroatoms. The Bertz CT molecular complexity index is 580. The average Bonchev–Trinajstić information content (AvgIpc) is 2.46. The third kappa shape index (κ3) is 3.84. The van der Waals surface area contributed by atoms with Crippen LogP contribution in [0.1, 0.15) is 35.3 Å². The van der Waals surface area contributed by atoms with Crippen molar-refractivity contribution in [3.8, 4) is 0 Å². The van der Waals surface area contributed by atoms with Crippen molar-refractivity contribution in [2.45, 2.75) is 19.4 Å². The van der Waals surface area contributed by atoms with Crippen molar-refractivity contribution < 1.29 is 4.79 Å². The number of carbonyl (C=O) groups excluding carboxylic acids is 1. The molecule has 0 spiro atoms. The van der Waals surface area contributed by atoms with E-state index in [0.29, 0.717) is 10.6 Å². The quantitative estimate of drug-likeness (QED) is 0.825. The summed E-state index contributed by atoms with van der Waals surface area (Å²) in [4.78, 5) is 12.2. The smallest absolute Gasteiger partial charge is 0.251 e. The summed E-state index contributed by atoms with van der Waals surface area (Å²) in [5, 5.41) is 3.74. The fraction of sp³-hybridized carbons (Fsp3) is 0.188. The lowest BCUT2D eigenvalue weighted by atomic mass is 10.0. The standard InChI is InChI=1S/C16H15BrClNO/c1-2-15(11-5-9-14(18)10-6-11)19-16(20)12-3-7-13(17)8-4-12/h3-10,15H,2H2,1H3,(H,19,20). The first kappa shape index (κ1) is 15.1. The summed E-state index contributed by atoms with van der Waals surface area (Å²) in [7, 11) is 0. The Labute approximate surface area is 132 Å². The van der Waals surface area contributed by atoms with Crippen LogP contribution in [-0.4, -0.2) is 5.91 Å². The van der Waals surface area contributed by atoms with Crippen molar-refractivity contribution in [1.82, 2.24) is 5.32 Å². The van der Waals surface area contributed by atoms with E-state index in [2.05, 4.69) is 21.2 Å². The Hall–Kier alpha value is -1.32. The first-order valence-electron chi connectivity index (χ1n) is 6.42. The van der Waals surface area contributed by atoms with E-state index in [4.69, 9.17) is 11.6 Å². The van der Waals surface area contributed by atoms with E-state index in [1.54, 1.807) is 12.1 Å². The van der Waals surface area contributed by atoms with Crippen molar-refractivity contribution in [3.05, 3.63) is 69.2 Å². The van der Waals surface area contributed by atoms with Crippen LogP contribution in [0.4, 0.5) is 0 Å². The first-order chi connectivity index (χ1) is 9.60. The molecule has 1 N–H and O–H groups in total. The summed E-state index contributed by atoms with van der Waals surface area (Å²) < 4.78 is 0.957. The Kier molecular flexibility index (Phi) is 5.21. The zero-order valence-electron chi connectivity index (χ0n) is 11.1. The highest BCUT2D eigenvalue weighted by molar-refractivity contribution is 9.10. The van der Waals surface area contributed by atoms with Crippen LogP contribution < -0.4 is 5.32 Å². The van der Waals surface area contributed by atoms with Crippen LogP contribution in [0.25, 0.3) is 0 Å². The minimum atomic E-state index is -0.0701. The van der Waals surface area contributed by atoms with Gasteiger partial charge in [-0.05, 0) is 48.4 Å². The number of nitrogens with one attached hydrogen (secondary N) is 1. The zero-order valence-corrected chi connectivity index (χ0v) is 13.4. The van der Waals surface area contributed by atoms with Crippen LogP contribution >= 0.6 is 27.5 Å². The fourth-order valence-electron chi connectivity index (χ4n) is 1.96. The molecule has 0 fully saturated rings. The van der Waals surface area contributed by atoms with Crippen molar-refractivity contribution >= 4 is 33.4 Å². The second kappa shape index (κ2) is 6.91. The Morgan fingerprint density at radius 1 is 1.15 bits per heavy atom. The van der Waals surface area contributed by atoms with Gasteiger partial charge in [0.05, 0.1) is 6.04 Å². The van der Waals surface area contributed by atoms with E-state index in [1.165, 1.54) is 0 Å². The van der Waals surface area contributed by atoms with E-state index in [-0.39, 0.29) is 11.9 Å². The number of amides is 1. The number of hydrogen-bond acceptors (Lipinski definition) is 1. The molecule has 20 heavy (non-hydrogen) atoms. The van der Waals surface area contributed by atoms with Crippen LogP contribution in [0.15, 0.2) is 53.0 Å². The largest absolute Gasteiger partial charge is 0.345 e. The maximum absolute atomic E-state index is 12.2. The second-order valence-electron chi connectivity index (χ2n) is 4.49. The maximum Gasteiger partial charge on any atom is 0.251 e. The predicted octanol–water partition coefficient (Wildman–Crippen LogP) is 4.98. The number of benzene rings is 2. The Morgan fingerprint density at radius 3 is 2.30 bits per heavy atom. The molecule has 2 nitrogen and oxygen atoms in total. The molecule has 0 saturated carbocycles. The van der Waals surface area contributed by atoms with Gasteiger partial charge in [-0.1, -0.05) is 46.6 Å². The molecule has 0 aliphatic heterocycles. The van der Waals surface area contributed by atoms with Gasteiger partial charge in [-0.3, -0.25) is 4.79 Å². The van der Waals surface area contributed by atoms with Gasteiger partial charge in [-0.25, -0.2) is 0 Å². The lowest BCUT2D eigenvalue weighted by Gasteiger charge is -2.17. The molecule has 1 atom stereocenters. The van der Waals surface area contributed by atoms with Gasteiger partial charge in [0.15, 0.2) is 0 Å². The van der Waals surface area contributed by atoms with Gasteiger partial charge in [0, 0.05) is 15.1 Å². The lowest BCUT2D eigenvalue weighted by Crippen LogP contribution is -2.28. The molecule has 2 rings (SSSR count). The molecule has 2 aromatic rings. The third-order valence-corrected chi connectivity index (χ3v) is 3.87.